The van der Waals surface area contributed by atoms with E-state index in [0.29, 0.717) is 12.2 Å². The summed E-state index contributed by atoms with van der Waals surface area (Å²) < 4.78 is 4.87. The molecule has 0 saturated carbocycles. The number of benzene rings is 1. The molecule has 1 aromatic rings. The molecule has 1 aromatic carbocycles. The molecule has 0 aliphatic rings. The van der Waals surface area contributed by atoms with E-state index in [4.69, 9.17) is 4.74 Å². The Morgan fingerprint density at radius 3 is 2.42 bits per heavy atom. The van der Waals surface area contributed by atoms with Crippen molar-refractivity contribution in [2.45, 2.75) is 13.5 Å². The maximum Gasteiger partial charge on any atom is 0.319 e. The van der Waals surface area contributed by atoms with Gasteiger partial charge in [0.15, 0.2) is 0 Å². The van der Waals surface area contributed by atoms with Crippen LogP contribution in [0.3, 0.4) is 0 Å². The van der Waals surface area contributed by atoms with Gasteiger partial charge in [0.1, 0.15) is 6.61 Å². The first-order chi connectivity index (χ1) is 9.11. The molecule has 0 aliphatic heterocycles. The molecule has 19 heavy (non-hydrogen) atoms. The van der Waals surface area contributed by atoms with Crippen molar-refractivity contribution < 1.29 is 14.3 Å². The number of esters is 1. The molecular formula is C13H19N3O3. The van der Waals surface area contributed by atoms with E-state index in [0.717, 1.165) is 12.1 Å². The molecule has 0 bridgehead atoms. The van der Waals surface area contributed by atoms with Crippen LogP contribution in [0.15, 0.2) is 24.3 Å². The van der Waals surface area contributed by atoms with Crippen molar-refractivity contribution in [1.82, 2.24) is 10.6 Å². The lowest BCUT2D eigenvalue weighted by molar-refractivity contribution is -0.142. The fourth-order valence-corrected chi connectivity index (χ4v) is 1.35. The van der Waals surface area contributed by atoms with Gasteiger partial charge in [-0.2, -0.15) is 0 Å². The minimum absolute atomic E-state index is 0.240. The van der Waals surface area contributed by atoms with Crippen LogP contribution in [-0.4, -0.2) is 32.1 Å². The van der Waals surface area contributed by atoms with Crippen molar-refractivity contribution in [3.05, 3.63) is 29.8 Å². The Morgan fingerprint density at radius 1 is 1.16 bits per heavy atom. The van der Waals surface area contributed by atoms with Gasteiger partial charge in [-0.3, -0.25) is 4.79 Å². The fourth-order valence-electron chi connectivity index (χ4n) is 1.35. The number of carbonyl (C=O) groups excluding carboxylic acids is 2. The van der Waals surface area contributed by atoms with Crippen molar-refractivity contribution in [2.75, 3.05) is 25.5 Å². The minimum atomic E-state index is -0.314. The molecule has 0 spiro atoms. The first-order valence-electron chi connectivity index (χ1n) is 6.03. The number of nitrogens with one attached hydrogen (secondary N) is 3. The van der Waals surface area contributed by atoms with Crippen LogP contribution in [0, 0.1) is 0 Å². The number of likely N-dealkylation sites (N-methyl/N-ethyl adjacent to an activating group) is 1. The normalized spacial score (nSPS) is 9.79. The topological polar surface area (TPSA) is 79.5 Å². The predicted molar refractivity (Wildman–Crippen MR) is 72.9 cm³/mol. The van der Waals surface area contributed by atoms with E-state index in [1.54, 1.807) is 24.3 Å². The zero-order chi connectivity index (χ0) is 14.1. The summed E-state index contributed by atoms with van der Waals surface area (Å²) in [4.78, 5) is 22.1. The summed E-state index contributed by atoms with van der Waals surface area (Å²) >= 11 is 0. The van der Waals surface area contributed by atoms with Gasteiger partial charge in [-0.15, -0.1) is 0 Å². The molecule has 0 aromatic heterocycles. The van der Waals surface area contributed by atoms with Crippen LogP contribution in [0.5, 0.6) is 0 Å². The Hall–Kier alpha value is -2.08. The molecule has 3 N–H and O–H groups in total. The number of hydrogen-bond donors (Lipinski definition) is 3. The Balaban J connectivity index is 2.39. The number of anilines is 1. The average Bonchev–Trinajstić information content (AvgIpc) is 2.38. The van der Waals surface area contributed by atoms with E-state index >= 15 is 0 Å². The molecule has 0 heterocycles. The number of ether oxygens (including phenoxy) is 1. The van der Waals surface area contributed by atoms with Gasteiger partial charge in [-0.25, -0.2) is 4.79 Å². The molecule has 2 amide bonds. The van der Waals surface area contributed by atoms with E-state index in [1.165, 1.54) is 6.92 Å². The lowest BCUT2D eigenvalue weighted by atomic mass is 10.2. The molecule has 0 atom stereocenters. The number of hydrogen-bond acceptors (Lipinski definition) is 4. The zero-order valence-electron chi connectivity index (χ0n) is 11.2. The van der Waals surface area contributed by atoms with Gasteiger partial charge < -0.3 is 20.7 Å². The molecule has 1 rings (SSSR count). The molecule has 0 aliphatic carbocycles. The van der Waals surface area contributed by atoms with Gasteiger partial charge in [-0.05, 0) is 24.7 Å². The van der Waals surface area contributed by atoms with E-state index in [9.17, 15) is 9.59 Å². The van der Waals surface area contributed by atoms with Gasteiger partial charge in [0.2, 0.25) is 0 Å². The van der Waals surface area contributed by atoms with Crippen LogP contribution in [0.25, 0.3) is 0 Å². The third-order valence-electron chi connectivity index (χ3n) is 2.31. The van der Waals surface area contributed by atoms with Crippen molar-refractivity contribution in [1.29, 1.82) is 0 Å². The Labute approximate surface area is 112 Å². The Morgan fingerprint density at radius 2 is 1.84 bits per heavy atom. The smallest absolute Gasteiger partial charge is 0.319 e. The molecular weight excluding hydrogens is 246 g/mol. The Bertz CT molecular complexity index is 418. The molecule has 0 fully saturated rings. The summed E-state index contributed by atoms with van der Waals surface area (Å²) in [6, 6.07) is 6.87. The first kappa shape index (κ1) is 15.0. The summed E-state index contributed by atoms with van der Waals surface area (Å²) in [6.07, 6.45) is 0. The molecule has 0 saturated heterocycles. The van der Waals surface area contributed by atoms with E-state index in [1.807, 2.05) is 7.05 Å². The van der Waals surface area contributed by atoms with E-state index in [-0.39, 0.29) is 18.6 Å². The van der Waals surface area contributed by atoms with Crippen molar-refractivity contribution >= 4 is 17.7 Å². The van der Waals surface area contributed by atoms with Crippen molar-refractivity contribution in [3.63, 3.8) is 0 Å². The van der Waals surface area contributed by atoms with Crippen LogP contribution in [0.2, 0.25) is 0 Å². The first-order valence-corrected chi connectivity index (χ1v) is 6.03. The predicted octanol–water partition coefficient (Wildman–Crippen LogP) is 1.09. The highest BCUT2D eigenvalue weighted by atomic mass is 16.5. The highest BCUT2D eigenvalue weighted by Gasteiger charge is 2.01. The minimum Gasteiger partial charge on any atom is -0.461 e. The van der Waals surface area contributed by atoms with Gasteiger partial charge in [0.05, 0.1) is 0 Å². The molecule has 0 unspecified atom stereocenters. The summed E-state index contributed by atoms with van der Waals surface area (Å²) in [5, 5.41) is 8.35. The third kappa shape index (κ3) is 6.42. The number of amides is 2. The van der Waals surface area contributed by atoms with Crippen LogP contribution in [0.1, 0.15) is 12.5 Å². The second-order valence-electron chi connectivity index (χ2n) is 3.96. The zero-order valence-corrected chi connectivity index (χ0v) is 11.2. The van der Waals surface area contributed by atoms with Gasteiger partial charge in [0, 0.05) is 25.7 Å². The third-order valence-corrected chi connectivity index (χ3v) is 2.31. The van der Waals surface area contributed by atoms with E-state index < -0.39 is 0 Å². The summed E-state index contributed by atoms with van der Waals surface area (Å²) in [7, 11) is 1.82. The monoisotopic (exact) mass is 265 g/mol. The van der Waals surface area contributed by atoms with Gasteiger partial charge >= 0.3 is 12.0 Å². The molecule has 6 nitrogen and oxygen atoms in total. The maximum absolute atomic E-state index is 11.5. The number of rotatable bonds is 6. The van der Waals surface area contributed by atoms with Crippen LogP contribution < -0.4 is 16.0 Å². The Kier molecular flexibility index (Phi) is 6.38. The van der Waals surface area contributed by atoms with Gasteiger partial charge in [0.25, 0.3) is 0 Å². The lowest BCUT2D eigenvalue weighted by Crippen LogP contribution is -2.33. The molecule has 0 radical (unpaired) electrons. The van der Waals surface area contributed by atoms with Crippen molar-refractivity contribution in [2.24, 2.45) is 0 Å². The second kappa shape index (κ2) is 8.10. The molecule has 6 heteroatoms. The van der Waals surface area contributed by atoms with E-state index in [2.05, 4.69) is 16.0 Å². The lowest BCUT2D eigenvalue weighted by Gasteiger charge is -2.08. The largest absolute Gasteiger partial charge is 0.461 e. The quantitative estimate of drug-likeness (QED) is 0.531. The standard InChI is InChI=1S/C13H19N3O3/c1-10(17)19-9-11-3-5-12(6-4-11)16-13(18)15-8-7-14-2/h3-6,14H,7-9H2,1-2H3,(H2,15,16,18). The number of carbonyl (C=O) groups is 2. The summed E-state index contributed by atoms with van der Waals surface area (Å²) in [6.45, 7) is 2.89. The van der Waals surface area contributed by atoms with Gasteiger partial charge in [-0.1, -0.05) is 12.1 Å². The summed E-state index contributed by atoms with van der Waals surface area (Å²) in [5.41, 5.74) is 1.56. The van der Waals surface area contributed by atoms with Crippen molar-refractivity contribution in [3.8, 4) is 0 Å². The summed E-state index contributed by atoms with van der Waals surface area (Å²) in [5.74, 6) is -0.314. The average molecular weight is 265 g/mol. The van der Waals surface area contributed by atoms with Crippen LogP contribution >= 0.6 is 0 Å². The number of urea groups is 1. The highest BCUT2D eigenvalue weighted by Crippen LogP contribution is 2.10. The highest BCUT2D eigenvalue weighted by molar-refractivity contribution is 5.89. The molecule has 104 valence electrons. The SMILES string of the molecule is CNCCNC(=O)Nc1ccc(COC(C)=O)cc1. The maximum atomic E-state index is 11.5. The second-order valence-corrected chi connectivity index (χ2v) is 3.96. The van der Waals surface area contributed by atoms with Crippen LogP contribution in [-0.2, 0) is 16.1 Å². The van der Waals surface area contributed by atoms with Crippen LogP contribution in [0.4, 0.5) is 10.5 Å². The fraction of sp³-hybridized carbons (Fsp3) is 0.385.